The van der Waals surface area contributed by atoms with E-state index in [0.717, 1.165) is 19.3 Å². The Labute approximate surface area is 67.8 Å². The molecule has 0 aromatic rings. The number of rotatable bonds is 2. The largest absolute Gasteiger partial charge is 0.295 e. The number of carbonyl (C=O) groups is 1. The summed E-state index contributed by atoms with van der Waals surface area (Å²) < 4.78 is 0. The van der Waals surface area contributed by atoms with E-state index in [9.17, 15) is 4.79 Å². The number of ketones is 1. The number of allylic oxidation sites excluding steroid dienone is 3. The average Bonchev–Trinajstić information content (AvgIpc) is 1.98. The topological polar surface area (TPSA) is 17.1 Å². The Balaban J connectivity index is 2.70. The van der Waals surface area contributed by atoms with Gasteiger partial charge in [-0.15, -0.1) is 6.58 Å². The van der Waals surface area contributed by atoms with E-state index >= 15 is 0 Å². The predicted octanol–water partition coefficient (Wildman–Crippen LogP) is 2.49. The minimum atomic E-state index is 0.278. The molecule has 1 unspecified atom stereocenters. The maximum atomic E-state index is 11.0. The Kier molecular flexibility index (Phi) is 2.64. The summed E-state index contributed by atoms with van der Waals surface area (Å²) in [5.74, 6) is 0.852. The van der Waals surface area contributed by atoms with E-state index in [0.29, 0.717) is 5.92 Å². The molecule has 1 aliphatic carbocycles. The molecule has 0 fully saturated rings. The third-order valence-electron chi connectivity index (χ3n) is 2.18. The molecule has 0 amide bonds. The minimum Gasteiger partial charge on any atom is -0.295 e. The highest BCUT2D eigenvalue weighted by Gasteiger charge is 2.15. The molecular formula is C10H14O. The van der Waals surface area contributed by atoms with Crippen molar-refractivity contribution in [2.24, 2.45) is 5.92 Å². The first-order valence-electron chi connectivity index (χ1n) is 4.08. The first-order valence-corrected chi connectivity index (χ1v) is 4.08. The van der Waals surface area contributed by atoms with Crippen LogP contribution in [0.15, 0.2) is 24.3 Å². The summed E-state index contributed by atoms with van der Waals surface area (Å²) in [6, 6.07) is 0. The van der Waals surface area contributed by atoms with E-state index in [1.54, 1.807) is 6.08 Å². The fourth-order valence-corrected chi connectivity index (χ4v) is 1.39. The zero-order valence-corrected chi connectivity index (χ0v) is 6.97. The van der Waals surface area contributed by atoms with Gasteiger partial charge in [-0.3, -0.25) is 4.79 Å². The van der Waals surface area contributed by atoms with Gasteiger partial charge in [-0.05, 0) is 24.8 Å². The van der Waals surface area contributed by atoms with Gasteiger partial charge in [-0.25, -0.2) is 0 Å². The Morgan fingerprint density at radius 3 is 3.18 bits per heavy atom. The lowest BCUT2D eigenvalue weighted by molar-refractivity contribution is -0.115. The van der Waals surface area contributed by atoms with Gasteiger partial charge in [0.25, 0.3) is 0 Å². The first kappa shape index (κ1) is 8.25. The van der Waals surface area contributed by atoms with Crippen molar-refractivity contribution in [2.75, 3.05) is 0 Å². The van der Waals surface area contributed by atoms with Crippen molar-refractivity contribution >= 4 is 5.78 Å². The van der Waals surface area contributed by atoms with Crippen LogP contribution < -0.4 is 0 Å². The van der Waals surface area contributed by atoms with E-state index in [1.165, 1.54) is 5.57 Å². The smallest absolute Gasteiger partial charge is 0.155 e. The second kappa shape index (κ2) is 3.51. The maximum absolute atomic E-state index is 11.0. The van der Waals surface area contributed by atoms with Gasteiger partial charge >= 0.3 is 0 Å². The molecule has 0 spiro atoms. The summed E-state index contributed by atoms with van der Waals surface area (Å²) in [6.07, 6.45) is 6.25. The summed E-state index contributed by atoms with van der Waals surface area (Å²) >= 11 is 0. The highest BCUT2D eigenvalue weighted by Crippen LogP contribution is 2.24. The van der Waals surface area contributed by atoms with Crippen LogP contribution in [-0.2, 0) is 4.79 Å². The molecule has 1 heteroatoms. The normalized spacial score (nSPS) is 24.6. The highest BCUT2D eigenvalue weighted by atomic mass is 16.1. The molecule has 0 aromatic heterocycles. The lowest BCUT2D eigenvalue weighted by Gasteiger charge is -2.18. The molecular weight excluding hydrogens is 136 g/mol. The van der Waals surface area contributed by atoms with Gasteiger partial charge in [-0.1, -0.05) is 18.6 Å². The first-order chi connectivity index (χ1) is 5.24. The standard InChI is InChI=1S/C10H14O/c1-3-4-9-7-10(11)6-5-8(9)2/h3,7-8H,1,4-6H2,2H3. The fourth-order valence-electron chi connectivity index (χ4n) is 1.39. The molecule has 0 aliphatic heterocycles. The monoisotopic (exact) mass is 150 g/mol. The average molecular weight is 150 g/mol. The molecule has 1 atom stereocenters. The van der Waals surface area contributed by atoms with E-state index in [-0.39, 0.29) is 5.78 Å². The molecule has 0 heterocycles. The van der Waals surface area contributed by atoms with Gasteiger partial charge in [0.15, 0.2) is 5.78 Å². The molecule has 0 radical (unpaired) electrons. The van der Waals surface area contributed by atoms with Gasteiger partial charge < -0.3 is 0 Å². The van der Waals surface area contributed by atoms with E-state index in [1.807, 2.05) is 6.08 Å². The molecule has 0 aromatic carbocycles. The second-order valence-electron chi connectivity index (χ2n) is 3.12. The molecule has 0 bridgehead atoms. The van der Waals surface area contributed by atoms with E-state index < -0.39 is 0 Å². The van der Waals surface area contributed by atoms with Crippen LogP contribution in [0.25, 0.3) is 0 Å². The summed E-state index contributed by atoms with van der Waals surface area (Å²) in [5, 5.41) is 0. The van der Waals surface area contributed by atoms with Crippen molar-refractivity contribution in [1.29, 1.82) is 0 Å². The number of hydrogen-bond acceptors (Lipinski definition) is 1. The molecule has 0 N–H and O–H groups in total. The third-order valence-corrected chi connectivity index (χ3v) is 2.18. The van der Waals surface area contributed by atoms with Gasteiger partial charge in [0, 0.05) is 6.42 Å². The molecule has 0 saturated heterocycles. The predicted molar refractivity (Wildman–Crippen MR) is 46.3 cm³/mol. The maximum Gasteiger partial charge on any atom is 0.155 e. The van der Waals surface area contributed by atoms with Gasteiger partial charge in [0.05, 0.1) is 0 Å². The van der Waals surface area contributed by atoms with Gasteiger partial charge in [0.2, 0.25) is 0 Å². The lowest BCUT2D eigenvalue weighted by Crippen LogP contribution is -2.10. The van der Waals surface area contributed by atoms with Crippen molar-refractivity contribution in [3.05, 3.63) is 24.3 Å². The van der Waals surface area contributed by atoms with Crippen LogP contribution in [0, 0.1) is 5.92 Å². The minimum absolute atomic E-state index is 0.278. The van der Waals surface area contributed by atoms with Gasteiger partial charge in [-0.2, -0.15) is 0 Å². The van der Waals surface area contributed by atoms with Crippen molar-refractivity contribution < 1.29 is 4.79 Å². The Morgan fingerprint density at radius 1 is 1.82 bits per heavy atom. The zero-order valence-electron chi connectivity index (χ0n) is 6.97. The van der Waals surface area contributed by atoms with E-state index in [2.05, 4.69) is 13.5 Å². The zero-order chi connectivity index (χ0) is 8.27. The van der Waals surface area contributed by atoms with Crippen LogP contribution in [0.5, 0.6) is 0 Å². The SMILES string of the molecule is C=CCC1=CC(=O)CCC1C. The molecule has 11 heavy (non-hydrogen) atoms. The van der Waals surface area contributed by atoms with Crippen LogP contribution >= 0.6 is 0 Å². The van der Waals surface area contributed by atoms with Crippen molar-refractivity contribution in [3.63, 3.8) is 0 Å². The third kappa shape index (κ3) is 2.04. The highest BCUT2D eigenvalue weighted by molar-refractivity contribution is 5.91. The van der Waals surface area contributed by atoms with Crippen LogP contribution in [0.3, 0.4) is 0 Å². The fraction of sp³-hybridized carbons (Fsp3) is 0.500. The van der Waals surface area contributed by atoms with Gasteiger partial charge in [0.1, 0.15) is 0 Å². The van der Waals surface area contributed by atoms with Crippen molar-refractivity contribution in [3.8, 4) is 0 Å². The molecule has 0 saturated carbocycles. The second-order valence-corrected chi connectivity index (χ2v) is 3.12. The number of hydrogen-bond donors (Lipinski definition) is 0. The summed E-state index contributed by atoms with van der Waals surface area (Å²) in [6.45, 7) is 5.83. The summed E-state index contributed by atoms with van der Waals surface area (Å²) in [5.41, 5.74) is 1.25. The van der Waals surface area contributed by atoms with Crippen LogP contribution in [-0.4, -0.2) is 5.78 Å². The number of carbonyl (C=O) groups excluding carboxylic acids is 1. The van der Waals surface area contributed by atoms with Crippen LogP contribution in [0.4, 0.5) is 0 Å². The Morgan fingerprint density at radius 2 is 2.55 bits per heavy atom. The van der Waals surface area contributed by atoms with Crippen molar-refractivity contribution in [2.45, 2.75) is 26.2 Å². The Bertz CT molecular complexity index is 201. The van der Waals surface area contributed by atoms with Crippen LogP contribution in [0.2, 0.25) is 0 Å². The molecule has 1 rings (SSSR count). The Hall–Kier alpha value is -0.850. The molecule has 1 aliphatic rings. The lowest BCUT2D eigenvalue weighted by atomic mass is 9.87. The van der Waals surface area contributed by atoms with E-state index in [4.69, 9.17) is 0 Å². The van der Waals surface area contributed by atoms with Crippen molar-refractivity contribution in [1.82, 2.24) is 0 Å². The molecule has 1 nitrogen and oxygen atoms in total. The molecule has 60 valence electrons. The van der Waals surface area contributed by atoms with Crippen LogP contribution in [0.1, 0.15) is 26.2 Å². The summed E-state index contributed by atoms with van der Waals surface area (Å²) in [4.78, 5) is 11.0. The summed E-state index contributed by atoms with van der Waals surface area (Å²) in [7, 11) is 0. The quantitative estimate of drug-likeness (QED) is 0.553.